The summed E-state index contributed by atoms with van der Waals surface area (Å²) in [4.78, 5) is 43.2. The average molecular weight is 622 g/mol. The molecule has 2 atom stereocenters. The molecule has 5 rings (SSSR count). The minimum absolute atomic E-state index is 0.0442. The highest BCUT2D eigenvalue weighted by atomic mass is 16.5. The van der Waals surface area contributed by atoms with Crippen LogP contribution in [0, 0.1) is 5.92 Å². The fourth-order valence-electron chi connectivity index (χ4n) is 7.18. The van der Waals surface area contributed by atoms with E-state index in [1.165, 1.54) is 13.2 Å². The van der Waals surface area contributed by atoms with Gasteiger partial charge in [0.2, 0.25) is 11.8 Å². The Morgan fingerprint density at radius 2 is 1.69 bits per heavy atom. The molecule has 2 amide bonds. The molecule has 3 aliphatic rings. The predicted molar refractivity (Wildman–Crippen MR) is 169 cm³/mol. The van der Waals surface area contributed by atoms with Crippen molar-refractivity contribution < 1.29 is 34.1 Å². The first-order valence-electron chi connectivity index (χ1n) is 16.5. The van der Waals surface area contributed by atoms with Crippen LogP contribution < -0.4 is 14.8 Å². The summed E-state index contributed by atoms with van der Waals surface area (Å²) in [5.74, 6) is 0.0527. The summed E-state index contributed by atoms with van der Waals surface area (Å²) in [6, 6.07) is 11.5. The lowest BCUT2D eigenvalue weighted by atomic mass is 9.79. The van der Waals surface area contributed by atoms with E-state index in [0.29, 0.717) is 50.5 Å². The van der Waals surface area contributed by atoms with Crippen LogP contribution in [0.3, 0.4) is 0 Å². The molecule has 2 saturated heterocycles. The smallest absolute Gasteiger partial charge is 0.339 e. The van der Waals surface area contributed by atoms with E-state index in [4.69, 9.17) is 9.47 Å². The number of methoxy groups -OCH3 is 1. The number of hydrogen-bond acceptors (Lipinski definition) is 7. The van der Waals surface area contributed by atoms with E-state index in [9.17, 15) is 24.6 Å². The molecule has 2 aromatic carbocycles. The number of hydrogen-bond donors (Lipinski definition) is 3. The molecular formula is C35H47N3O7. The van der Waals surface area contributed by atoms with Gasteiger partial charge in [-0.3, -0.25) is 14.5 Å². The lowest BCUT2D eigenvalue weighted by molar-refractivity contribution is -0.165. The van der Waals surface area contributed by atoms with Crippen LogP contribution in [-0.2, 0) is 16.1 Å². The molecule has 1 saturated carbocycles. The number of rotatable bonds is 11. The number of ether oxygens (including phenoxy) is 2. The molecule has 2 aromatic rings. The molecular weight excluding hydrogens is 574 g/mol. The topological polar surface area (TPSA) is 129 Å². The summed E-state index contributed by atoms with van der Waals surface area (Å²) in [5.41, 5.74) is 0.284. The SMILES string of the molecule is CCCCN1C(=O)[C@@H]([C@H](O)C2CCCCCC2)NC(=O)C12CCN(Cc1ccc(Oc3ccc(C(=O)O)c(OC)c3)cc1)CC2. The number of nitrogens with one attached hydrogen (secondary N) is 1. The average Bonchev–Trinajstić information content (AvgIpc) is 3.34. The molecule has 3 N–H and O–H groups in total. The van der Waals surface area contributed by atoms with Crippen LogP contribution in [0.4, 0.5) is 0 Å². The van der Waals surface area contributed by atoms with E-state index >= 15 is 0 Å². The maximum Gasteiger partial charge on any atom is 0.339 e. The zero-order valence-electron chi connectivity index (χ0n) is 26.5. The first-order valence-corrected chi connectivity index (χ1v) is 16.5. The molecule has 0 bridgehead atoms. The van der Waals surface area contributed by atoms with Crippen LogP contribution in [0.15, 0.2) is 42.5 Å². The summed E-state index contributed by atoms with van der Waals surface area (Å²) in [5, 5.41) is 23.6. The Hall–Kier alpha value is -3.63. The molecule has 244 valence electrons. The van der Waals surface area contributed by atoms with Crippen LogP contribution in [0.5, 0.6) is 17.2 Å². The highest BCUT2D eigenvalue weighted by molar-refractivity contribution is 6.00. The molecule has 3 fully saturated rings. The zero-order chi connectivity index (χ0) is 32.0. The number of aromatic carboxylic acids is 1. The Bertz CT molecular complexity index is 1330. The molecule has 10 nitrogen and oxygen atoms in total. The molecule has 1 aliphatic carbocycles. The lowest BCUT2D eigenvalue weighted by Gasteiger charge is -2.52. The minimum atomic E-state index is -1.07. The van der Waals surface area contributed by atoms with Crippen LogP contribution in [0.1, 0.15) is 87.1 Å². The first-order chi connectivity index (χ1) is 21.8. The van der Waals surface area contributed by atoms with E-state index in [1.807, 2.05) is 29.2 Å². The molecule has 0 radical (unpaired) electrons. The van der Waals surface area contributed by atoms with Gasteiger partial charge in [-0.1, -0.05) is 51.2 Å². The number of carbonyl (C=O) groups is 3. The molecule has 0 unspecified atom stereocenters. The summed E-state index contributed by atoms with van der Waals surface area (Å²) >= 11 is 0. The normalized spacial score (nSPS) is 21.7. The summed E-state index contributed by atoms with van der Waals surface area (Å²) in [6.07, 6.45) is 8.24. The second kappa shape index (κ2) is 14.6. The number of amides is 2. The second-order valence-electron chi connectivity index (χ2n) is 12.8. The van der Waals surface area contributed by atoms with Crippen molar-refractivity contribution in [3.8, 4) is 17.2 Å². The van der Waals surface area contributed by atoms with Crippen LogP contribution in [0.2, 0.25) is 0 Å². The highest BCUT2D eigenvalue weighted by Gasteiger charge is 2.55. The van der Waals surface area contributed by atoms with Gasteiger partial charge in [-0.15, -0.1) is 0 Å². The standard InChI is InChI=1S/C35H47N3O7/c1-3-4-19-38-32(40)30(31(39)25-9-7-5-6-8-10-25)36-34(43)35(38)17-20-37(21-18-35)23-24-11-13-26(14-12-24)45-27-15-16-28(33(41)42)29(22-27)44-2/h11-16,22,25,30-31,39H,3-10,17-21,23H2,1-2H3,(H,36,43)(H,41,42)/t30-,31-/m1/s1. The third-order valence-corrected chi connectivity index (χ3v) is 9.87. The fraction of sp³-hybridized carbons (Fsp3) is 0.571. The van der Waals surface area contributed by atoms with Crippen molar-refractivity contribution in [1.82, 2.24) is 15.1 Å². The van der Waals surface area contributed by atoms with Crippen molar-refractivity contribution in [2.24, 2.45) is 5.92 Å². The van der Waals surface area contributed by atoms with E-state index in [-0.39, 0.29) is 29.0 Å². The molecule has 2 heterocycles. The number of unbranched alkanes of at least 4 members (excludes halogenated alkanes) is 1. The van der Waals surface area contributed by atoms with Gasteiger partial charge in [-0.2, -0.15) is 0 Å². The van der Waals surface area contributed by atoms with Crippen molar-refractivity contribution in [2.45, 2.75) is 95.4 Å². The highest BCUT2D eigenvalue weighted by Crippen LogP contribution is 2.36. The molecule has 45 heavy (non-hydrogen) atoms. The third kappa shape index (κ3) is 7.28. The van der Waals surface area contributed by atoms with Crippen LogP contribution >= 0.6 is 0 Å². The second-order valence-corrected chi connectivity index (χ2v) is 12.8. The number of piperidine rings is 1. The van der Waals surface area contributed by atoms with Crippen molar-refractivity contribution in [3.63, 3.8) is 0 Å². The monoisotopic (exact) mass is 621 g/mol. The van der Waals surface area contributed by atoms with Gasteiger partial charge in [0.05, 0.1) is 13.2 Å². The first kappa shape index (κ1) is 32.8. The fourth-order valence-corrected chi connectivity index (χ4v) is 7.18. The van der Waals surface area contributed by atoms with Gasteiger partial charge >= 0.3 is 5.97 Å². The number of likely N-dealkylation sites (tertiary alicyclic amines) is 1. The van der Waals surface area contributed by atoms with Gasteiger partial charge in [0, 0.05) is 32.2 Å². The zero-order valence-corrected chi connectivity index (χ0v) is 26.5. The Morgan fingerprint density at radius 1 is 1.02 bits per heavy atom. The lowest BCUT2D eigenvalue weighted by Crippen LogP contribution is -2.75. The molecule has 0 aromatic heterocycles. The van der Waals surface area contributed by atoms with Gasteiger partial charge in [0.15, 0.2) is 0 Å². The Kier molecular flexibility index (Phi) is 10.7. The largest absolute Gasteiger partial charge is 0.496 e. The maximum atomic E-state index is 13.9. The number of benzene rings is 2. The predicted octanol–water partition coefficient (Wildman–Crippen LogP) is 4.98. The van der Waals surface area contributed by atoms with Gasteiger partial charge in [0.1, 0.15) is 34.4 Å². The van der Waals surface area contributed by atoms with Crippen LogP contribution in [-0.4, -0.2) is 82.2 Å². The van der Waals surface area contributed by atoms with Gasteiger partial charge in [0.25, 0.3) is 0 Å². The number of piperazine rings is 1. The van der Waals surface area contributed by atoms with E-state index < -0.39 is 23.7 Å². The van der Waals surface area contributed by atoms with Crippen molar-refractivity contribution in [2.75, 3.05) is 26.7 Å². The number of carboxylic acid groups (broad SMARTS) is 1. The summed E-state index contributed by atoms with van der Waals surface area (Å²) in [6.45, 7) is 4.66. The molecule has 10 heteroatoms. The number of carboxylic acids is 1. The van der Waals surface area contributed by atoms with Crippen molar-refractivity contribution in [3.05, 3.63) is 53.6 Å². The van der Waals surface area contributed by atoms with Gasteiger partial charge in [-0.05, 0) is 67.9 Å². The number of carbonyl (C=O) groups excluding carboxylic acids is 2. The Balaban J connectivity index is 1.21. The molecule has 2 aliphatic heterocycles. The van der Waals surface area contributed by atoms with Crippen molar-refractivity contribution >= 4 is 17.8 Å². The van der Waals surface area contributed by atoms with Gasteiger partial charge < -0.3 is 29.9 Å². The Labute approximate surface area is 265 Å². The number of aliphatic hydroxyl groups excluding tert-OH is 1. The van der Waals surface area contributed by atoms with E-state index in [0.717, 1.165) is 56.9 Å². The Morgan fingerprint density at radius 3 is 2.31 bits per heavy atom. The van der Waals surface area contributed by atoms with Crippen molar-refractivity contribution in [1.29, 1.82) is 0 Å². The van der Waals surface area contributed by atoms with Gasteiger partial charge in [-0.25, -0.2) is 4.79 Å². The third-order valence-electron chi connectivity index (χ3n) is 9.87. The molecule has 1 spiro atoms. The number of nitrogens with zero attached hydrogens (tertiary/aromatic N) is 2. The summed E-state index contributed by atoms with van der Waals surface area (Å²) in [7, 11) is 1.42. The maximum absolute atomic E-state index is 13.9. The summed E-state index contributed by atoms with van der Waals surface area (Å²) < 4.78 is 11.1. The quantitative estimate of drug-likeness (QED) is 0.300. The number of aliphatic hydroxyl groups is 1. The van der Waals surface area contributed by atoms with E-state index in [2.05, 4.69) is 17.1 Å². The van der Waals surface area contributed by atoms with E-state index in [1.54, 1.807) is 12.1 Å². The van der Waals surface area contributed by atoms with Crippen LogP contribution in [0.25, 0.3) is 0 Å². The minimum Gasteiger partial charge on any atom is -0.496 e.